The minimum atomic E-state index is 0.162. The molecule has 0 saturated carbocycles. The van der Waals surface area contributed by atoms with Crippen molar-refractivity contribution in [1.82, 2.24) is 0 Å². The second kappa shape index (κ2) is 5.15. The van der Waals surface area contributed by atoms with Gasteiger partial charge in [-0.15, -0.1) is 0 Å². The molecule has 0 spiro atoms. The van der Waals surface area contributed by atoms with E-state index in [-0.39, 0.29) is 5.75 Å². The molecular weight excluding hydrogens is 178 g/mol. The van der Waals surface area contributed by atoms with Crippen molar-refractivity contribution in [3.05, 3.63) is 23.8 Å². The maximum atomic E-state index is 9.44. The minimum absolute atomic E-state index is 0.162. The van der Waals surface area contributed by atoms with Gasteiger partial charge in [0.1, 0.15) is 11.5 Å². The molecule has 3 nitrogen and oxygen atoms in total. The molecule has 1 rings (SSSR count). The monoisotopic (exact) mass is 191 g/mol. The van der Waals surface area contributed by atoms with E-state index in [1.165, 1.54) is 0 Å². The standard InChI is InChI=1S/C11H13NO2/c1-14-10-5-6-11(13)9(8-10)4-2-3-7-12/h5-6,8,13H,3,7,12H2,1H3. The van der Waals surface area contributed by atoms with E-state index in [9.17, 15) is 5.11 Å². The molecule has 0 heterocycles. The average Bonchev–Trinajstić information content (AvgIpc) is 2.21. The van der Waals surface area contributed by atoms with Gasteiger partial charge in [0.2, 0.25) is 0 Å². The molecule has 0 aliphatic carbocycles. The Morgan fingerprint density at radius 2 is 2.29 bits per heavy atom. The van der Waals surface area contributed by atoms with Crippen molar-refractivity contribution in [2.24, 2.45) is 5.73 Å². The summed E-state index contributed by atoms with van der Waals surface area (Å²) in [5.74, 6) is 6.52. The minimum Gasteiger partial charge on any atom is -0.507 e. The Balaban J connectivity index is 2.91. The lowest BCUT2D eigenvalue weighted by molar-refractivity contribution is 0.412. The maximum absolute atomic E-state index is 9.44. The number of rotatable bonds is 2. The summed E-state index contributed by atoms with van der Waals surface area (Å²) in [6, 6.07) is 4.94. The number of hydrogen-bond donors (Lipinski definition) is 2. The predicted molar refractivity (Wildman–Crippen MR) is 55.2 cm³/mol. The first-order valence-electron chi connectivity index (χ1n) is 4.34. The molecule has 0 aliphatic rings. The zero-order valence-electron chi connectivity index (χ0n) is 8.08. The summed E-state index contributed by atoms with van der Waals surface area (Å²) in [4.78, 5) is 0. The summed E-state index contributed by atoms with van der Waals surface area (Å²) < 4.78 is 5.01. The van der Waals surface area contributed by atoms with Crippen molar-refractivity contribution in [3.63, 3.8) is 0 Å². The molecule has 0 fully saturated rings. The smallest absolute Gasteiger partial charge is 0.131 e. The van der Waals surface area contributed by atoms with Gasteiger partial charge in [0.25, 0.3) is 0 Å². The molecule has 1 aromatic rings. The van der Waals surface area contributed by atoms with Crippen molar-refractivity contribution in [3.8, 4) is 23.3 Å². The lowest BCUT2D eigenvalue weighted by Crippen LogP contribution is -1.95. The number of aromatic hydroxyl groups is 1. The molecule has 0 aromatic heterocycles. The topological polar surface area (TPSA) is 55.5 Å². The SMILES string of the molecule is COc1ccc(O)c(C#CCCN)c1. The third-order valence-corrected chi connectivity index (χ3v) is 1.70. The van der Waals surface area contributed by atoms with Crippen LogP contribution in [0.15, 0.2) is 18.2 Å². The van der Waals surface area contributed by atoms with Crippen molar-refractivity contribution in [1.29, 1.82) is 0 Å². The first-order valence-corrected chi connectivity index (χ1v) is 4.34. The lowest BCUT2D eigenvalue weighted by atomic mass is 10.2. The van der Waals surface area contributed by atoms with Crippen LogP contribution in [-0.2, 0) is 0 Å². The fraction of sp³-hybridized carbons (Fsp3) is 0.273. The van der Waals surface area contributed by atoms with Gasteiger partial charge < -0.3 is 15.6 Å². The van der Waals surface area contributed by atoms with Gasteiger partial charge in [0, 0.05) is 13.0 Å². The Kier molecular flexibility index (Phi) is 3.84. The van der Waals surface area contributed by atoms with Crippen LogP contribution >= 0.6 is 0 Å². The molecule has 0 unspecified atom stereocenters. The third kappa shape index (κ3) is 2.68. The second-order valence-electron chi connectivity index (χ2n) is 2.72. The van der Waals surface area contributed by atoms with Gasteiger partial charge in [-0.1, -0.05) is 11.8 Å². The maximum Gasteiger partial charge on any atom is 0.131 e. The van der Waals surface area contributed by atoms with Gasteiger partial charge >= 0.3 is 0 Å². The normalized spacial score (nSPS) is 9.00. The number of phenolic OH excluding ortho intramolecular Hbond substituents is 1. The molecule has 0 bridgehead atoms. The molecule has 14 heavy (non-hydrogen) atoms. The molecule has 0 saturated heterocycles. The number of phenols is 1. The number of methoxy groups -OCH3 is 1. The van der Waals surface area contributed by atoms with Gasteiger partial charge in [-0.2, -0.15) is 0 Å². The average molecular weight is 191 g/mol. The summed E-state index contributed by atoms with van der Waals surface area (Å²) in [5, 5.41) is 9.44. The summed E-state index contributed by atoms with van der Waals surface area (Å²) in [7, 11) is 1.57. The first-order chi connectivity index (χ1) is 6.77. The molecule has 74 valence electrons. The highest BCUT2D eigenvalue weighted by Crippen LogP contribution is 2.21. The van der Waals surface area contributed by atoms with Crippen LogP contribution in [0.25, 0.3) is 0 Å². The van der Waals surface area contributed by atoms with Crippen LogP contribution in [0.5, 0.6) is 11.5 Å². The number of nitrogens with two attached hydrogens (primary N) is 1. The van der Waals surface area contributed by atoms with Crippen molar-refractivity contribution in [2.45, 2.75) is 6.42 Å². The quantitative estimate of drug-likeness (QED) is 0.688. The van der Waals surface area contributed by atoms with E-state index in [4.69, 9.17) is 10.5 Å². The first kappa shape index (κ1) is 10.4. The van der Waals surface area contributed by atoms with E-state index >= 15 is 0 Å². The Labute approximate surface area is 83.5 Å². The van der Waals surface area contributed by atoms with Gasteiger partial charge in [-0.05, 0) is 18.2 Å². The summed E-state index contributed by atoms with van der Waals surface area (Å²) in [6.45, 7) is 0.526. The zero-order chi connectivity index (χ0) is 10.4. The van der Waals surface area contributed by atoms with Gasteiger partial charge in [0.15, 0.2) is 0 Å². The molecule has 1 aromatic carbocycles. The Morgan fingerprint density at radius 3 is 2.93 bits per heavy atom. The molecule has 0 aliphatic heterocycles. The molecule has 0 atom stereocenters. The predicted octanol–water partition coefficient (Wildman–Crippen LogP) is 1.10. The highest BCUT2D eigenvalue weighted by molar-refractivity contribution is 5.49. The van der Waals surface area contributed by atoms with Gasteiger partial charge in [-0.25, -0.2) is 0 Å². The van der Waals surface area contributed by atoms with Gasteiger partial charge in [0.05, 0.1) is 12.7 Å². The van der Waals surface area contributed by atoms with Crippen molar-refractivity contribution >= 4 is 0 Å². The van der Waals surface area contributed by atoms with Crippen LogP contribution < -0.4 is 10.5 Å². The van der Waals surface area contributed by atoms with Crippen LogP contribution in [0.3, 0.4) is 0 Å². The highest BCUT2D eigenvalue weighted by Gasteiger charge is 1.99. The summed E-state index contributed by atoms with van der Waals surface area (Å²) in [6.07, 6.45) is 0.622. The molecular formula is C11H13NO2. The van der Waals surface area contributed by atoms with Crippen LogP contribution in [0.1, 0.15) is 12.0 Å². The zero-order valence-corrected chi connectivity index (χ0v) is 8.08. The number of hydrogen-bond acceptors (Lipinski definition) is 3. The Bertz CT molecular complexity index is 363. The summed E-state index contributed by atoms with van der Waals surface area (Å²) >= 11 is 0. The van der Waals surface area contributed by atoms with E-state index in [1.807, 2.05) is 0 Å². The van der Waals surface area contributed by atoms with Crippen molar-refractivity contribution < 1.29 is 9.84 Å². The molecule has 0 amide bonds. The number of ether oxygens (including phenoxy) is 1. The molecule has 3 heteroatoms. The van der Waals surface area contributed by atoms with Crippen LogP contribution in [0.4, 0.5) is 0 Å². The Hall–Kier alpha value is -1.66. The number of benzene rings is 1. The lowest BCUT2D eigenvalue weighted by Gasteiger charge is -2.01. The van der Waals surface area contributed by atoms with Crippen molar-refractivity contribution in [2.75, 3.05) is 13.7 Å². The third-order valence-electron chi connectivity index (χ3n) is 1.70. The van der Waals surface area contributed by atoms with Gasteiger partial charge in [-0.3, -0.25) is 0 Å². The van der Waals surface area contributed by atoms with E-state index in [2.05, 4.69) is 11.8 Å². The van der Waals surface area contributed by atoms with E-state index in [0.29, 0.717) is 24.3 Å². The van der Waals surface area contributed by atoms with Crippen LogP contribution in [0, 0.1) is 11.8 Å². The highest BCUT2D eigenvalue weighted by atomic mass is 16.5. The van der Waals surface area contributed by atoms with Crippen LogP contribution in [0.2, 0.25) is 0 Å². The fourth-order valence-corrected chi connectivity index (χ4v) is 0.972. The van der Waals surface area contributed by atoms with E-state index in [0.717, 1.165) is 0 Å². The molecule has 3 N–H and O–H groups in total. The molecule has 0 radical (unpaired) electrons. The van der Waals surface area contributed by atoms with E-state index < -0.39 is 0 Å². The fourth-order valence-electron chi connectivity index (χ4n) is 0.972. The largest absolute Gasteiger partial charge is 0.507 e. The van der Waals surface area contributed by atoms with Crippen LogP contribution in [-0.4, -0.2) is 18.8 Å². The van der Waals surface area contributed by atoms with E-state index in [1.54, 1.807) is 25.3 Å². The second-order valence-corrected chi connectivity index (χ2v) is 2.72. The Morgan fingerprint density at radius 1 is 1.50 bits per heavy atom. The summed E-state index contributed by atoms with van der Waals surface area (Å²) in [5.41, 5.74) is 5.86.